The third kappa shape index (κ3) is 5.78. The monoisotopic (exact) mass is 573 g/mol. The molecule has 0 aromatic heterocycles. The van der Waals surface area contributed by atoms with Crippen molar-refractivity contribution in [3.63, 3.8) is 0 Å². The van der Waals surface area contributed by atoms with Crippen LogP contribution in [0.15, 0.2) is 90.5 Å². The molecule has 218 valence electrons. The van der Waals surface area contributed by atoms with Gasteiger partial charge in [0.1, 0.15) is 0 Å². The lowest BCUT2D eigenvalue weighted by Crippen LogP contribution is -2.23. The molecule has 6 nitrogen and oxygen atoms in total. The second-order valence-electron chi connectivity index (χ2n) is 11.6. The minimum absolute atomic E-state index is 0.107. The fourth-order valence-corrected chi connectivity index (χ4v) is 6.26. The molecule has 0 saturated carbocycles. The Morgan fingerprint density at radius 2 is 1.60 bits per heavy atom. The molecule has 1 amide bonds. The average Bonchev–Trinajstić information content (AvgIpc) is 3.48. The summed E-state index contributed by atoms with van der Waals surface area (Å²) >= 11 is 0. The molecule has 2 aliphatic rings. The van der Waals surface area contributed by atoms with Crippen LogP contribution in [-0.2, 0) is 13.0 Å². The number of hydrogen-bond donors (Lipinski definition) is 2. The van der Waals surface area contributed by atoms with Crippen molar-refractivity contribution in [2.24, 2.45) is 5.92 Å². The zero-order chi connectivity index (χ0) is 30.1. The number of aromatic carboxylic acids is 1. The van der Waals surface area contributed by atoms with Crippen molar-refractivity contribution in [1.82, 2.24) is 5.32 Å². The van der Waals surface area contributed by atoms with E-state index in [-0.39, 0.29) is 12.7 Å². The molecule has 0 spiro atoms. The van der Waals surface area contributed by atoms with Gasteiger partial charge in [-0.3, -0.25) is 4.79 Å². The van der Waals surface area contributed by atoms with E-state index >= 15 is 0 Å². The van der Waals surface area contributed by atoms with Gasteiger partial charge in [-0.1, -0.05) is 67.1 Å². The molecule has 2 N–H and O–H groups in total. The van der Waals surface area contributed by atoms with Gasteiger partial charge in [0, 0.05) is 12.1 Å². The maximum absolute atomic E-state index is 13.2. The van der Waals surface area contributed by atoms with E-state index in [4.69, 9.17) is 9.47 Å². The van der Waals surface area contributed by atoms with Gasteiger partial charge in [0.2, 0.25) is 6.79 Å². The molecule has 0 fully saturated rings. The van der Waals surface area contributed by atoms with Gasteiger partial charge < -0.3 is 19.9 Å². The van der Waals surface area contributed by atoms with E-state index in [0.717, 1.165) is 40.8 Å². The van der Waals surface area contributed by atoms with Crippen molar-refractivity contribution in [3.8, 4) is 22.6 Å². The van der Waals surface area contributed by atoms with E-state index < -0.39 is 5.97 Å². The molecule has 4 aromatic rings. The third-order valence-electron chi connectivity index (χ3n) is 8.94. The van der Waals surface area contributed by atoms with Crippen LogP contribution in [0.5, 0.6) is 11.5 Å². The highest BCUT2D eigenvalue weighted by Gasteiger charge is 2.27. The minimum Gasteiger partial charge on any atom is -0.478 e. The van der Waals surface area contributed by atoms with Gasteiger partial charge in [0.25, 0.3) is 5.91 Å². The zero-order valence-corrected chi connectivity index (χ0v) is 24.6. The van der Waals surface area contributed by atoms with E-state index in [0.29, 0.717) is 35.3 Å². The van der Waals surface area contributed by atoms with Crippen molar-refractivity contribution in [3.05, 3.63) is 124 Å². The number of carbonyl (C=O) groups excluding carboxylic acids is 1. The number of carboxylic acid groups (broad SMARTS) is 1. The number of rotatable bonds is 7. The first-order valence-electron chi connectivity index (χ1n) is 14.7. The molecule has 6 rings (SSSR count). The van der Waals surface area contributed by atoms with Crippen molar-refractivity contribution in [2.45, 2.75) is 46.1 Å². The SMILES string of the molecule is CC1=C(C)c2cc(C(=O)NCc3ccc4c(c3)OCO4)ccc2C(C)C(Cc2ccc(-c3ccccc3C(=O)O)cc2)C1. The molecule has 2 atom stereocenters. The number of carbonyl (C=O) groups is 2. The van der Waals surface area contributed by atoms with Gasteiger partial charge in [-0.25, -0.2) is 4.79 Å². The quantitative estimate of drug-likeness (QED) is 0.235. The number of ether oxygens (including phenoxy) is 2. The van der Waals surface area contributed by atoms with E-state index in [9.17, 15) is 14.7 Å². The summed E-state index contributed by atoms with van der Waals surface area (Å²) < 4.78 is 10.8. The molecule has 0 saturated heterocycles. The summed E-state index contributed by atoms with van der Waals surface area (Å²) in [4.78, 5) is 24.9. The highest BCUT2D eigenvalue weighted by molar-refractivity contribution is 5.96. The first-order chi connectivity index (χ1) is 20.8. The van der Waals surface area contributed by atoms with Crippen LogP contribution in [-0.4, -0.2) is 23.8 Å². The van der Waals surface area contributed by atoms with Crippen molar-refractivity contribution in [2.75, 3.05) is 6.79 Å². The Hall–Kier alpha value is -4.84. The number of allylic oxidation sites excluding steroid dienone is 2. The summed E-state index contributed by atoms with van der Waals surface area (Å²) in [7, 11) is 0. The number of carboxylic acids is 1. The van der Waals surface area contributed by atoms with Crippen LogP contribution in [0, 0.1) is 5.92 Å². The molecule has 0 radical (unpaired) electrons. The Kier molecular flexibility index (Phi) is 7.76. The Morgan fingerprint density at radius 1 is 0.860 bits per heavy atom. The second-order valence-corrected chi connectivity index (χ2v) is 11.6. The minimum atomic E-state index is -0.923. The third-order valence-corrected chi connectivity index (χ3v) is 8.94. The topological polar surface area (TPSA) is 84.9 Å². The largest absolute Gasteiger partial charge is 0.478 e. The van der Waals surface area contributed by atoms with Crippen LogP contribution in [0.3, 0.4) is 0 Å². The fourth-order valence-electron chi connectivity index (χ4n) is 6.26. The van der Waals surface area contributed by atoms with Gasteiger partial charge in [-0.05, 0) is 108 Å². The molecular weight excluding hydrogens is 538 g/mol. The van der Waals surface area contributed by atoms with Crippen LogP contribution in [0.4, 0.5) is 0 Å². The average molecular weight is 574 g/mol. The molecular formula is C37H35NO5. The summed E-state index contributed by atoms with van der Waals surface area (Å²) in [6.07, 6.45) is 1.88. The van der Waals surface area contributed by atoms with Crippen LogP contribution in [0.25, 0.3) is 16.7 Å². The number of amides is 1. The standard InChI is InChI=1S/C37H35NO5/c1-22-16-29(17-25-8-11-27(12-9-25)31-6-4-5-7-32(31)37(40)41)24(3)30-14-13-28(19-33(30)23(22)2)36(39)38-20-26-10-15-34-35(18-26)43-21-42-34/h4-15,18-19,24,29H,16-17,20-21H2,1-3H3,(H,38,39)(H,40,41). The highest BCUT2D eigenvalue weighted by Crippen LogP contribution is 2.42. The molecule has 6 heteroatoms. The number of nitrogens with one attached hydrogen (secondary N) is 1. The van der Waals surface area contributed by atoms with Crippen LogP contribution in [0.1, 0.15) is 76.1 Å². The summed E-state index contributed by atoms with van der Waals surface area (Å²) in [5, 5.41) is 12.6. The van der Waals surface area contributed by atoms with E-state index in [1.165, 1.54) is 22.3 Å². The molecule has 1 aliphatic heterocycles. The first-order valence-corrected chi connectivity index (χ1v) is 14.7. The predicted molar refractivity (Wildman–Crippen MR) is 168 cm³/mol. The Balaban J connectivity index is 1.18. The van der Waals surface area contributed by atoms with Crippen molar-refractivity contribution < 1.29 is 24.2 Å². The lowest BCUT2D eigenvalue weighted by molar-refractivity contribution is 0.0697. The van der Waals surface area contributed by atoms with Gasteiger partial charge in [0.15, 0.2) is 11.5 Å². The lowest BCUT2D eigenvalue weighted by atomic mass is 9.80. The summed E-state index contributed by atoms with van der Waals surface area (Å²) in [6, 6.07) is 27.2. The summed E-state index contributed by atoms with van der Waals surface area (Å²) in [5.74, 6) is 1.08. The predicted octanol–water partition coefficient (Wildman–Crippen LogP) is 7.87. The molecule has 2 unspecified atom stereocenters. The second kappa shape index (κ2) is 11.8. The van der Waals surface area contributed by atoms with E-state index in [2.05, 4.69) is 44.3 Å². The molecule has 1 heterocycles. The zero-order valence-electron chi connectivity index (χ0n) is 24.6. The lowest BCUT2D eigenvalue weighted by Gasteiger charge is -2.24. The normalized spacial score (nSPS) is 17.3. The van der Waals surface area contributed by atoms with Crippen LogP contribution < -0.4 is 14.8 Å². The Morgan fingerprint density at radius 3 is 2.40 bits per heavy atom. The fraction of sp³-hybridized carbons (Fsp3) is 0.243. The number of fused-ring (bicyclic) bond motifs is 2. The maximum Gasteiger partial charge on any atom is 0.336 e. The summed E-state index contributed by atoms with van der Waals surface area (Å²) in [6.45, 7) is 7.27. The molecule has 43 heavy (non-hydrogen) atoms. The Bertz CT molecular complexity index is 1740. The van der Waals surface area contributed by atoms with E-state index in [1.807, 2.05) is 54.6 Å². The number of benzene rings is 4. The molecule has 0 bridgehead atoms. The first kappa shape index (κ1) is 28.3. The van der Waals surface area contributed by atoms with Crippen molar-refractivity contribution in [1.29, 1.82) is 0 Å². The number of hydrogen-bond acceptors (Lipinski definition) is 4. The molecule has 1 aliphatic carbocycles. The van der Waals surface area contributed by atoms with Gasteiger partial charge in [-0.2, -0.15) is 0 Å². The van der Waals surface area contributed by atoms with Crippen molar-refractivity contribution >= 4 is 17.4 Å². The van der Waals surface area contributed by atoms with Crippen LogP contribution in [0.2, 0.25) is 0 Å². The van der Waals surface area contributed by atoms with Gasteiger partial charge in [0.05, 0.1) is 5.56 Å². The van der Waals surface area contributed by atoms with E-state index in [1.54, 1.807) is 12.1 Å². The smallest absolute Gasteiger partial charge is 0.336 e. The van der Waals surface area contributed by atoms with Crippen LogP contribution >= 0.6 is 0 Å². The van der Waals surface area contributed by atoms with Gasteiger partial charge in [-0.15, -0.1) is 0 Å². The maximum atomic E-state index is 13.2. The highest BCUT2D eigenvalue weighted by atomic mass is 16.7. The molecule has 4 aromatic carbocycles. The van der Waals surface area contributed by atoms with Gasteiger partial charge >= 0.3 is 5.97 Å². The Labute approximate surface area is 252 Å². The summed E-state index contributed by atoms with van der Waals surface area (Å²) in [5.41, 5.74) is 9.73.